The number of esters is 1. The predicted molar refractivity (Wildman–Crippen MR) is 111 cm³/mol. The number of nitrogens with zero attached hydrogens (tertiary/aromatic N) is 3. The molecule has 0 amide bonds. The molecule has 0 saturated heterocycles. The highest BCUT2D eigenvalue weighted by atomic mass is 32.2. The van der Waals surface area contributed by atoms with Crippen molar-refractivity contribution in [2.75, 3.05) is 12.9 Å². The Hall–Kier alpha value is -3.00. The molecule has 0 atom stereocenters. The van der Waals surface area contributed by atoms with E-state index in [1.165, 1.54) is 11.8 Å². The smallest absolute Gasteiger partial charge is 0.316 e. The van der Waals surface area contributed by atoms with Crippen molar-refractivity contribution in [2.45, 2.75) is 31.7 Å². The van der Waals surface area contributed by atoms with Crippen LogP contribution in [0.3, 0.4) is 0 Å². The molecule has 0 unspecified atom stereocenters. The van der Waals surface area contributed by atoms with E-state index in [-0.39, 0.29) is 24.4 Å². The van der Waals surface area contributed by atoms with E-state index in [9.17, 15) is 4.79 Å². The first kappa shape index (κ1) is 20.7. The second kappa shape index (κ2) is 9.97. The maximum Gasteiger partial charge on any atom is 0.316 e. The first-order valence-electron chi connectivity index (χ1n) is 9.15. The third-order valence-electron chi connectivity index (χ3n) is 3.83. The number of carbonyl (C=O) groups excluding carboxylic acids is 1. The zero-order valence-corrected chi connectivity index (χ0v) is 17.4. The molecule has 3 aromatic rings. The minimum Gasteiger partial charge on any atom is -0.497 e. The van der Waals surface area contributed by atoms with Gasteiger partial charge in [-0.25, -0.2) is 0 Å². The van der Waals surface area contributed by atoms with E-state index in [1.54, 1.807) is 7.11 Å². The van der Waals surface area contributed by atoms with Crippen LogP contribution < -0.4 is 9.47 Å². The van der Waals surface area contributed by atoms with Crippen LogP contribution in [0, 0.1) is 0 Å². The first-order valence-corrected chi connectivity index (χ1v) is 10.1. The normalized spacial score (nSPS) is 10.8. The quantitative estimate of drug-likeness (QED) is 0.389. The van der Waals surface area contributed by atoms with Gasteiger partial charge < -0.3 is 14.2 Å². The molecule has 8 heteroatoms. The number of ether oxygens (including phenoxy) is 3. The van der Waals surface area contributed by atoms with Crippen LogP contribution in [0.5, 0.6) is 11.5 Å². The molecule has 152 valence electrons. The number of para-hydroxylation sites is 1. The number of thioether (sulfide) groups is 1. The maximum atomic E-state index is 11.9. The Labute approximate surface area is 174 Å². The van der Waals surface area contributed by atoms with Gasteiger partial charge in [-0.05, 0) is 50.2 Å². The molecular weight excluding hydrogens is 390 g/mol. The Balaban J connectivity index is 1.77. The molecule has 0 N–H and O–H groups in total. The second-order valence-corrected chi connectivity index (χ2v) is 7.30. The molecule has 1 heterocycles. The number of rotatable bonds is 9. The summed E-state index contributed by atoms with van der Waals surface area (Å²) in [5, 5.41) is 9.12. The van der Waals surface area contributed by atoms with Crippen LogP contribution in [-0.2, 0) is 16.1 Å². The summed E-state index contributed by atoms with van der Waals surface area (Å²) in [6, 6.07) is 17.1. The molecule has 3 rings (SSSR count). The van der Waals surface area contributed by atoms with Crippen molar-refractivity contribution in [1.29, 1.82) is 0 Å². The predicted octanol–water partition coefficient (Wildman–Crippen LogP) is 3.90. The maximum absolute atomic E-state index is 11.9. The van der Waals surface area contributed by atoms with E-state index < -0.39 is 0 Å². The number of carbonyl (C=O) groups is 1. The van der Waals surface area contributed by atoms with Crippen molar-refractivity contribution in [3.05, 3.63) is 60.4 Å². The van der Waals surface area contributed by atoms with Crippen molar-refractivity contribution < 1.29 is 19.0 Å². The zero-order chi connectivity index (χ0) is 20.6. The van der Waals surface area contributed by atoms with Gasteiger partial charge in [0.15, 0.2) is 11.0 Å². The standard InChI is InChI=1S/C21H23N3O4S/c1-15(2)28-20(25)14-29-21-23-22-19(24(21)16-7-5-4-6-8-16)13-27-18-11-9-17(26-3)10-12-18/h4-12,15H,13-14H2,1-3H3. The van der Waals surface area contributed by atoms with Crippen LogP contribution in [0.25, 0.3) is 5.69 Å². The molecule has 7 nitrogen and oxygen atoms in total. The summed E-state index contributed by atoms with van der Waals surface area (Å²) in [5.74, 6) is 1.96. The summed E-state index contributed by atoms with van der Waals surface area (Å²) in [5.41, 5.74) is 0.894. The van der Waals surface area contributed by atoms with E-state index in [2.05, 4.69) is 10.2 Å². The molecule has 0 bridgehead atoms. The third-order valence-corrected chi connectivity index (χ3v) is 4.73. The highest BCUT2D eigenvalue weighted by Crippen LogP contribution is 2.24. The summed E-state index contributed by atoms with van der Waals surface area (Å²) in [6.45, 7) is 3.87. The van der Waals surface area contributed by atoms with Gasteiger partial charge in [0.1, 0.15) is 18.1 Å². The molecule has 2 aromatic carbocycles. The molecule has 29 heavy (non-hydrogen) atoms. The SMILES string of the molecule is COc1ccc(OCc2nnc(SCC(=O)OC(C)C)n2-c2ccccc2)cc1. The van der Waals surface area contributed by atoms with Crippen LogP contribution in [0.2, 0.25) is 0 Å². The van der Waals surface area contributed by atoms with Crippen molar-refractivity contribution >= 4 is 17.7 Å². The fourth-order valence-electron chi connectivity index (χ4n) is 2.56. The summed E-state index contributed by atoms with van der Waals surface area (Å²) in [7, 11) is 1.62. The Bertz CT molecular complexity index is 927. The van der Waals surface area contributed by atoms with Crippen LogP contribution in [0.4, 0.5) is 0 Å². The van der Waals surface area contributed by atoms with E-state index in [0.29, 0.717) is 16.7 Å². The van der Waals surface area contributed by atoms with E-state index in [1.807, 2.05) is 73.0 Å². The van der Waals surface area contributed by atoms with Crippen molar-refractivity contribution in [1.82, 2.24) is 14.8 Å². The van der Waals surface area contributed by atoms with E-state index >= 15 is 0 Å². The van der Waals surface area contributed by atoms with Gasteiger partial charge in [0, 0.05) is 5.69 Å². The monoisotopic (exact) mass is 413 g/mol. The van der Waals surface area contributed by atoms with Gasteiger partial charge in [0.2, 0.25) is 0 Å². The molecule has 0 saturated carbocycles. The Morgan fingerprint density at radius 2 is 1.72 bits per heavy atom. The van der Waals surface area contributed by atoms with Crippen LogP contribution >= 0.6 is 11.8 Å². The molecule has 0 radical (unpaired) electrons. The Kier molecular flexibility index (Phi) is 7.13. The zero-order valence-electron chi connectivity index (χ0n) is 16.6. The first-order chi connectivity index (χ1) is 14.1. The molecule has 0 aliphatic heterocycles. The highest BCUT2D eigenvalue weighted by Gasteiger charge is 2.17. The van der Waals surface area contributed by atoms with Gasteiger partial charge in [-0.3, -0.25) is 9.36 Å². The summed E-state index contributed by atoms with van der Waals surface area (Å²) in [4.78, 5) is 11.9. The van der Waals surface area contributed by atoms with Gasteiger partial charge in [0.25, 0.3) is 0 Å². The Morgan fingerprint density at radius 3 is 2.38 bits per heavy atom. The topological polar surface area (TPSA) is 75.5 Å². The van der Waals surface area contributed by atoms with Gasteiger partial charge in [-0.15, -0.1) is 10.2 Å². The van der Waals surface area contributed by atoms with E-state index in [0.717, 1.165) is 11.4 Å². The lowest BCUT2D eigenvalue weighted by atomic mass is 10.3. The molecule has 1 aromatic heterocycles. The van der Waals surface area contributed by atoms with Crippen molar-refractivity contribution in [3.8, 4) is 17.2 Å². The number of hydrogen-bond acceptors (Lipinski definition) is 7. The Morgan fingerprint density at radius 1 is 1.03 bits per heavy atom. The van der Waals surface area contributed by atoms with Crippen molar-refractivity contribution in [2.24, 2.45) is 0 Å². The van der Waals surface area contributed by atoms with Crippen molar-refractivity contribution in [3.63, 3.8) is 0 Å². The van der Waals surface area contributed by atoms with Crippen LogP contribution in [0.15, 0.2) is 59.8 Å². The number of aromatic nitrogens is 3. The third kappa shape index (κ3) is 5.74. The minimum atomic E-state index is -0.288. The molecule has 0 spiro atoms. The lowest BCUT2D eigenvalue weighted by Crippen LogP contribution is -2.14. The fraction of sp³-hybridized carbons (Fsp3) is 0.286. The fourth-order valence-corrected chi connectivity index (χ4v) is 3.32. The average molecular weight is 413 g/mol. The molecule has 0 aliphatic carbocycles. The molecule has 0 aliphatic rings. The summed E-state index contributed by atoms with van der Waals surface area (Å²) < 4.78 is 18.1. The molecular formula is C21H23N3O4S. The average Bonchev–Trinajstić information content (AvgIpc) is 3.14. The number of benzene rings is 2. The number of hydrogen-bond donors (Lipinski definition) is 0. The number of methoxy groups -OCH3 is 1. The summed E-state index contributed by atoms with van der Waals surface area (Å²) >= 11 is 1.28. The van der Waals surface area contributed by atoms with Gasteiger partial charge >= 0.3 is 5.97 Å². The van der Waals surface area contributed by atoms with Gasteiger partial charge in [-0.1, -0.05) is 30.0 Å². The minimum absolute atomic E-state index is 0.149. The van der Waals surface area contributed by atoms with E-state index in [4.69, 9.17) is 14.2 Å². The van der Waals surface area contributed by atoms with Crippen LogP contribution in [0.1, 0.15) is 19.7 Å². The molecule has 0 fully saturated rings. The second-order valence-electron chi connectivity index (χ2n) is 6.36. The van der Waals surface area contributed by atoms with Gasteiger partial charge in [-0.2, -0.15) is 0 Å². The highest BCUT2D eigenvalue weighted by molar-refractivity contribution is 7.99. The largest absolute Gasteiger partial charge is 0.497 e. The lowest BCUT2D eigenvalue weighted by Gasteiger charge is -2.12. The summed E-state index contributed by atoms with van der Waals surface area (Å²) in [6.07, 6.45) is -0.149. The van der Waals surface area contributed by atoms with Crippen LogP contribution in [-0.4, -0.2) is 39.7 Å². The van der Waals surface area contributed by atoms with Gasteiger partial charge in [0.05, 0.1) is 19.0 Å². The lowest BCUT2D eigenvalue weighted by molar-refractivity contribution is -0.144.